The number of Topliss-reactive ketones (excluding diaryl/α,β-unsaturated/α-hetero) is 1. The number of aliphatic hydroxyl groups excluding tert-OH is 3. The lowest BCUT2D eigenvalue weighted by molar-refractivity contribution is -0.138. The van der Waals surface area contributed by atoms with Gasteiger partial charge in [-0.05, 0) is 49.4 Å². The topological polar surface area (TPSA) is 77.8 Å². The Bertz CT molecular complexity index is 570. The van der Waals surface area contributed by atoms with Gasteiger partial charge in [-0.2, -0.15) is 0 Å². The average molecular weight is 320 g/mol. The summed E-state index contributed by atoms with van der Waals surface area (Å²) in [5.41, 5.74) is 0.709. The van der Waals surface area contributed by atoms with Crippen molar-refractivity contribution in [1.29, 1.82) is 0 Å². The number of fused-ring (bicyclic) bond motifs is 5. The number of carbonyl (C=O) groups is 1. The first-order valence-corrected chi connectivity index (χ1v) is 9.06. The summed E-state index contributed by atoms with van der Waals surface area (Å²) < 4.78 is 0. The van der Waals surface area contributed by atoms with Crippen molar-refractivity contribution in [2.75, 3.05) is 0 Å². The molecule has 0 aromatic carbocycles. The van der Waals surface area contributed by atoms with E-state index < -0.39 is 17.6 Å². The molecule has 3 fully saturated rings. The van der Waals surface area contributed by atoms with Gasteiger partial charge in [0.05, 0.1) is 18.3 Å². The standard InChI is InChI=1S/C19H28O4/c1-18-5-3-11(20)7-10(18)8-13(21)16-12(18)4-6-19(2)15(23)9-14(22)17(16)19/h8,11-14,16-17,20-22H,3-7,9H2,1-2H3/t11-,12-,13?,14-,16-,17-,18-,19+/m0/s1. The zero-order chi connectivity index (χ0) is 16.6. The molecule has 0 aromatic rings. The first-order valence-electron chi connectivity index (χ1n) is 9.06. The number of rotatable bonds is 0. The summed E-state index contributed by atoms with van der Waals surface area (Å²) in [6, 6.07) is 0. The Hall–Kier alpha value is -0.710. The van der Waals surface area contributed by atoms with E-state index in [0.29, 0.717) is 12.3 Å². The molecule has 4 aliphatic carbocycles. The van der Waals surface area contributed by atoms with E-state index in [9.17, 15) is 20.1 Å². The summed E-state index contributed by atoms with van der Waals surface area (Å²) >= 11 is 0. The Morgan fingerprint density at radius 1 is 1.04 bits per heavy atom. The molecule has 0 bridgehead atoms. The van der Waals surface area contributed by atoms with Crippen molar-refractivity contribution in [3.05, 3.63) is 11.6 Å². The van der Waals surface area contributed by atoms with Crippen molar-refractivity contribution in [2.45, 2.75) is 70.7 Å². The van der Waals surface area contributed by atoms with Crippen LogP contribution >= 0.6 is 0 Å². The Labute approximate surface area is 137 Å². The zero-order valence-electron chi connectivity index (χ0n) is 14.0. The van der Waals surface area contributed by atoms with Gasteiger partial charge in [0, 0.05) is 17.8 Å². The predicted octanol–water partition coefficient (Wildman–Crippen LogP) is 1.82. The molecule has 0 aliphatic heterocycles. The van der Waals surface area contributed by atoms with Crippen LogP contribution in [0.15, 0.2) is 11.6 Å². The molecular formula is C19H28O4. The van der Waals surface area contributed by atoms with E-state index in [4.69, 9.17) is 0 Å². The molecule has 0 heterocycles. The van der Waals surface area contributed by atoms with Gasteiger partial charge in [0.25, 0.3) is 0 Å². The van der Waals surface area contributed by atoms with Crippen LogP contribution in [-0.4, -0.2) is 39.4 Å². The van der Waals surface area contributed by atoms with Gasteiger partial charge in [-0.3, -0.25) is 4.79 Å². The molecule has 0 amide bonds. The molecule has 8 atom stereocenters. The van der Waals surface area contributed by atoms with Crippen LogP contribution < -0.4 is 0 Å². The van der Waals surface area contributed by atoms with Gasteiger partial charge in [0.2, 0.25) is 0 Å². The van der Waals surface area contributed by atoms with E-state index in [0.717, 1.165) is 25.7 Å². The SMILES string of the molecule is C[C@]12CC[C@H](O)CC1=CC(O)[C@H]1[C@@H]3[C@@H](O)CC(=O)[C@@]3(C)CC[C@@H]12. The van der Waals surface area contributed by atoms with E-state index in [2.05, 4.69) is 6.92 Å². The Morgan fingerprint density at radius 3 is 2.48 bits per heavy atom. The summed E-state index contributed by atoms with van der Waals surface area (Å²) in [5.74, 6) is 0.285. The highest BCUT2D eigenvalue weighted by Gasteiger charge is 2.63. The smallest absolute Gasteiger partial charge is 0.141 e. The van der Waals surface area contributed by atoms with Gasteiger partial charge in [-0.15, -0.1) is 0 Å². The summed E-state index contributed by atoms with van der Waals surface area (Å²) in [4.78, 5) is 12.4. The normalized spacial score (nSPS) is 55.7. The molecule has 4 nitrogen and oxygen atoms in total. The molecule has 23 heavy (non-hydrogen) atoms. The largest absolute Gasteiger partial charge is 0.393 e. The van der Waals surface area contributed by atoms with Gasteiger partial charge >= 0.3 is 0 Å². The van der Waals surface area contributed by atoms with Crippen LogP contribution in [0.3, 0.4) is 0 Å². The highest BCUT2D eigenvalue weighted by Crippen LogP contribution is 2.63. The second kappa shape index (κ2) is 4.90. The first-order chi connectivity index (χ1) is 10.8. The van der Waals surface area contributed by atoms with Crippen LogP contribution in [-0.2, 0) is 4.79 Å². The molecule has 1 unspecified atom stereocenters. The molecule has 0 saturated heterocycles. The van der Waals surface area contributed by atoms with Crippen LogP contribution in [0.1, 0.15) is 52.4 Å². The third-order valence-electron chi connectivity index (χ3n) is 7.81. The molecule has 0 spiro atoms. The summed E-state index contributed by atoms with van der Waals surface area (Å²) in [6.45, 7) is 4.26. The van der Waals surface area contributed by atoms with Crippen molar-refractivity contribution in [2.24, 2.45) is 28.6 Å². The Kier molecular flexibility index (Phi) is 3.37. The minimum atomic E-state index is -0.623. The van der Waals surface area contributed by atoms with Crippen LogP contribution in [0.25, 0.3) is 0 Å². The molecular weight excluding hydrogens is 292 g/mol. The maximum atomic E-state index is 12.4. The number of carbonyl (C=O) groups excluding carboxylic acids is 1. The lowest BCUT2D eigenvalue weighted by Gasteiger charge is -2.58. The fourth-order valence-electron chi connectivity index (χ4n) is 6.46. The molecule has 4 heteroatoms. The van der Waals surface area contributed by atoms with E-state index in [-0.39, 0.29) is 35.6 Å². The van der Waals surface area contributed by atoms with Crippen molar-refractivity contribution in [3.63, 3.8) is 0 Å². The molecule has 0 radical (unpaired) electrons. The molecule has 4 aliphatic rings. The average Bonchev–Trinajstić information content (AvgIpc) is 2.71. The van der Waals surface area contributed by atoms with Gasteiger partial charge in [-0.25, -0.2) is 0 Å². The highest BCUT2D eigenvalue weighted by molar-refractivity contribution is 5.88. The zero-order valence-corrected chi connectivity index (χ0v) is 14.0. The lowest BCUT2D eigenvalue weighted by atomic mass is 9.47. The van der Waals surface area contributed by atoms with Gasteiger partial charge in [0.15, 0.2) is 0 Å². The van der Waals surface area contributed by atoms with Crippen LogP contribution in [0.5, 0.6) is 0 Å². The molecule has 3 saturated carbocycles. The molecule has 128 valence electrons. The van der Waals surface area contributed by atoms with Crippen LogP contribution in [0.4, 0.5) is 0 Å². The van der Waals surface area contributed by atoms with E-state index in [1.54, 1.807) is 0 Å². The lowest BCUT2D eigenvalue weighted by Crippen LogP contribution is -2.56. The Balaban J connectivity index is 1.77. The van der Waals surface area contributed by atoms with Crippen molar-refractivity contribution >= 4 is 5.78 Å². The summed E-state index contributed by atoms with van der Waals surface area (Å²) in [5, 5.41) is 31.4. The van der Waals surface area contributed by atoms with Gasteiger partial charge in [0.1, 0.15) is 5.78 Å². The van der Waals surface area contributed by atoms with E-state index in [1.807, 2.05) is 13.0 Å². The quantitative estimate of drug-likeness (QED) is 0.595. The van der Waals surface area contributed by atoms with Crippen molar-refractivity contribution < 1.29 is 20.1 Å². The van der Waals surface area contributed by atoms with Gasteiger partial charge < -0.3 is 15.3 Å². The molecule has 3 N–H and O–H groups in total. The first kappa shape index (κ1) is 15.8. The minimum Gasteiger partial charge on any atom is -0.393 e. The maximum Gasteiger partial charge on any atom is 0.141 e. The summed E-state index contributed by atoms with van der Waals surface area (Å²) in [6.07, 6.45) is 4.77. The second-order valence-corrected chi connectivity index (χ2v) is 8.86. The molecule has 4 rings (SSSR count). The highest BCUT2D eigenvalue weighted by atomic mass is 16.3. The fraction of sp³-hybridized carbons (Fsp3) is 0.842. The second-order valence-electron chi connectivity index (χ2n) is 8.86. The fourth-order valence-corrected chi connectivity index (χ4v) is 6.46. The van der Waals surface area contributed by atoms with Crippen molar-refractivity contribution in [3.8, 4) is 0 Å². The minimum absolute atomic E-state index is 0.00415. The third-order valence-corrected chi connectivity index (χ3v) is 7.81. The number of hydrogen-bond donors (Lipinski definition) is 3. The van der Waals surface area contributed by atoms with Crippen molar-refractivity contribution in [1.82, 2.24) is 0 Å². The predicted molar refractivity (Wildman–Crippen MR) is 85.5 cm³/mol. The number of ketones is 1. The summed E-state index contributed by atoms with van der Waals surface area (Å²) in [7, 11) is 0. The van der Waals surface area contributed by atoms with Crippen LogP contribution in [0, 0.1) is 28.6 Å². The Morgan fingerprint density at radius 2 is 1.74 bits per heavy atom. The van der Waals surface area contributed by atoms with Crippen LogP contribution in [0.2, 0.25) is 0 Å². The monoisotopic (exact) mass is 320 g/mol. The number of aliphatic hydroxyl groups is 3. The van der Waals surface area contributed by atoms with Gasteiger partial charge in [-0.1, -0.05) is 25.5 Å². The van der Waals surface area contributed by atoms with E-state index in [1.165, 1.54) is 5.57 Å². The van der Waals surface area contributed by atoms with E-state index >= 15 is 0 Å². The molecule has 0 aromatic heterocycles. The number of hydrogen-bond acceptors (Lipinski definition) is 4. The maximum absolute atomic E-state index is 12.4. The third kappa shape index (κ3) is 1.98.